The van der Waals surface area contributed by atoms with Gasteiger partial charge in [-0.1, -0.05) is 6.92 Å². The Morgan fingerprint density at radius 1 is 1.27 bits per heavy atom. The summed E-state index contributed by atoms with van der Waals surface area (Å²) in [5, 5.41) is 3.45. The van der Waals surface area contributed by atoms with Crippen LogP contribution in [0.3, 0.4) is 0 Å². The Morgan fingerprint density at radius 3 is 2.70 bits per heavy atom. The molecule has 2 unspecified atom stereocenters. The van der Waals surface area contributed by atoms with Gasteiger partial charge in [0, 0.05) is 45.0 Å². The molecule has 1 N–H and O–H groups in total. The molecule has 0 amide bonds. The van der Waals surface area contributed by atoms with Crippen molar-refractivity contribution in [3.05, 3.63) is 43.0 Å². The number of halogens is 1. The second-order valence-electron chi connectivity index (χ2n) is 7.40. The van der Waals surface area contributed by atoms with Crippen LogP contribution in [0.4, 0.5) is 0 Å². The van der Waals surface area contributed by atoms with Crippen molar-refractivity contribution in [3.8, 4) is 11.5 Å². The Balaban J connectivity index is 0.00000320. The molecule has 7 nitrogen and oxygen atoms in total. The minimum atomic E-state index is 0. The van der Waals surface area contributed by atoms with Gasteiger partial charge < -0.3 is 24.3 Å². The van der Waals surface area contributed by atoms with Crippen LogP contribution >= 0.6 is 24.0 Å². The van der Waals surface area contributed by atoms with Crippen LogP contribution in [0, 0.1) is 5.92 Å². The summed E-state index contributed by atoms with van der Waals surface area (Å²) in [7, 11) is 1.66. The number of aliphatic imine (C=N–C) groups is 1. The van der Waals surface area contributed by atoms with E-state index in [1.807, 2.05) is 36.8 Å². The molecule has 1 aromatic heterocycles. The van der Waals surface area contributed by atoms with E-state index in [0.717, 1.165) is 56.5 Å². The Bertz CT molecular complexity index is 751. The molecule has 0 aliphatic carbocycles. The predicted octanol–water partition coefficient (Wildman–Crippen LogP) is 3.83. The summed E-state index contributed by atoms with van der Waals surface area (Å²) in [6.07, 6.45) is 7.86. The van der Waals surface area contributed by atoms with Crippen LogP contribution in [-0.4, -0.2) is 60.3 Å². The molecule has 0 saturated carbocycles. The fourth-order valence-electron chi connectivity index (χ4n) is 3.63. The van der Waals surface area contributed by atoms with E-state index < -0.39 is 0 Å². The van der Waals surface area contributed by atoms with Gasteiger partial charge in [-0.15, -0.1) is 24.0 Å². The maximum Gasteiger partial charge on any atom is 0.193 e. The average Bonchev–Trinajstić information content (AvgIpc) is 3.28. The molecule has 1 aromatic carbocycles. The van der Waals surface area contributed by atoms with Crippen molar-refractivity contribution in [1.82, 2.24) is 19.8 Å². The number of piperidine rings is 1. The highest BCUT2D eigenvalue weighted by molar-refractivity contribution is 14.0. The van der Waals surface area contributed by atoms with Gasteiger partial charge in [0.25, 0.3) is 0 Å². The van der Waals surface area contributed by atoms with E-state index in [4.69, 9.17) is 14.5 Å². The molecule has 166 valence electrons. The largest absolute Gasteiger partial charge is 0.497 e. The van der Waals surface area contributed by atoms with Crippen LogP contribution in [0.5, 0.6) is 11.5 Å². The Hall–Kier alpha value is -1.97. The number of nitrogens with one attached hydrogen (secondary N) is 1. The highest BCUT2D eigenvalue weighted by atomic mass is 127. The molecule has 1 aliphatic rings. The van der Waals surface area contributed by atoms with Crippen molar-refractivity contribution < 1.29 is 9.47 Å². The first kappa shape index (κ1) is 24.3. The quantitative estimate of drug-likeness (QED) is 0.245. The third-order valence-corrected chi connectivity index (χ3v) is 5.35. The lowest BCUT2D eigenvalue weighted by Crippen LogP contribution is -2.49. The van der Waals surface area contributed by atoms with E-state index in [2.05, 4.69) is 39.8 Å². The lowest BCUT2D eigenvalue weighted by atomic mass is 9.93. The highest BCUT2D eigenvalue weighted by Crippen LogP contribution is 2.27. The van der Waals surface area contributed by atoms with Gasteiger partial charge in [0.05, 0.1) is 26.1 Å². The van der Waals surface area contributed by atoms with Crippen LogP contribution < -0.4 is 14.8 Å². The SMILES string of the molecule is CCNC(=NCCCOc1ccc(OC)cc1)N1CCC(C)C(n2ccnc2)C1.I. The summed E-state index contributed by atoms with van der Waals surface area (Å²) in [5.74, 6) is 3.31. The fourth-order valence-corrected chi connectivity index (χ4v) is 3.63. The summed E-state index contributed by atoms with van der Waals surface area (Å²) < 4.78 is 13.2. The van der Waals surface area contributed by atoms with Gasteiger partial charge in [-0.3, -0.25) is 4.99 Å². The zero-order chi connectivity index (χ0) is 20.5. The molecule has 8 heteroatoms. The molecule has 30 heavy (non-hydrogen) atoms. The Labute approximate surface area is 196 Å². The van der Waals surface area contributed by atoms with Gasteiger partial charge in [0.1, 0.15) is 11.5 Å². The molecule has 0 spiro atoms. The van der Waals surface area contributed by atoms with E-state index in [9.17, 15) is 0 Å². The molecule has 0 bridgehead atoms. The lowest BCUT2D eigenvalue weighted by Gasteiger charge is -2.39. The van der Waals surface area contributed by atoms with Gasteiger partial charge >= 0.3 is 0 Å². The first-order chi connectivity index (χ1) is 14.2. The van der Waals surface area contributed by atoms with Crippen LogP contribution in [0.15, 0.2) is 48.0 Å². The molecule has 2 atom stereocenters. The van der Waals surface area contributed by atoms with Crippen molar-refractivity contribution in [2.45, 2.75) is 32.7 Å². The van der Waals surface area contributed by atoms with Crippen LogP contribution in [0.25, 0.3) is 0 Å². The smallest absolute Gasteiger partial charge is 0.193 e. The summed E-state index contributed by atoms with van der Waals surface area (Å²) in [4.78, 5) is 11.4. The molecule has 2 heterocycles. The van der Waals surface area contributed by atoms with Crippen molar-refractivity contribution >= 4 is 29.9 Å². The normalized spacial score (nSPS) is 19.2. The molecule has 3 rings (SSSR count). The van der Waals surface area contributed by atoms with E-state index in [0.29, 0.717) is 18.6 Å². The molecule has 1 fully saturated rings. The number of benzene rings is 1. The summed E-state index contributed by atoms with van der Waals surface area (Å²) in [5.41, 5.74) is 0. The number of likely N-dealkylation sites (tertiary alicyclic amines) is 1. The number of hydrogen-bond donors (Lipinski definition) is 1. The van der Waals surface area contributed by atoms with Crippen molar-refractivity contribution in [3.63, 3.8) is 0 Å². The predicted molar refractivity (Wildman–Crippen MR) is 131 cm³/mol. The standard InChI is InChI=1S/C22H33N5O2.HI/c1-4-24-22(25-11-5-15-29-20-8-6-19(28-3)7-9-20)26-13-10-18(2)21(16-26)27-14-12-23-17-27;/h6-9,12,14,17-18,21H,4-5,10-11,13,15-16H2,1-3H3,(H,24,25);1H. The number of methoxy groups -OCH3 is 1. The number of rotatable bonds is 8. The molecule has 2 aromatic rings. The minimum absolute atomic E-state index is 0. The van der Waals surface area contributed by atoms with E-state index >= 15 is 0 Å². The third kappa shape index (κ3) is 6.78. The van der Waals surface area contributed by atoms with Crippen molar-refractivity contribution in [1.29, 1.82) is 0 Å². The van der Waals surface area contributed by atoms with Gasteiger partial charge in [-0.2, -0.15) is 0 Å². The highest BCUT2D eigenvalue weighted by Gasteiger charge is 2.28. The number of hydrogen-bond acceptors (Lipinski definition) is 4. The van der Waals surface area contributed by atoms with Gasteiger partial charge in [0.2, 0.25) is 0 Å². The molecular formula is C22H34IN5O2. The summed E-state index contributed by atoms with van der Waals surface area (Å²) in [6.45, 7) is 8.66. The fraction of sp³-hybridized carbons (Fsp3) is 0.545. The Morgan fingerprint density at radius 2 is 2.03 bits per heavy atom. The number of guanidine groups is 1. The van der Waals surface area contributed by atoms with Gasteiger partial charge in [0.15, 0.2) is 5.96 Å². The molecular weight excluding hydrogens is 493 g/mol. The van der Waals surface area contributed by atoms with Crippen LogP contribution in [0.2, 0.25) is 0 Å². The average molecular weight is 527 g/mol. The van der Waals surface area contributed by atoms with Crippen LogP contribution in [0.1, 0.15) is 32.7 Å². The lowest BCUT2D eigenvalue weighted by molar-refractivity contribution is 0.189. The summed E-state index contributed by atoms with van der Waals surface area (Å²) in [6, 6.07) is 8.10. The van der Waals surface area contributed by atoms with Gasteiger partial charge in [-0.25, -0.2) is 4.98 Å². The topological polar surface area (TPSA) is 63.9 Å². The number of imidazole rings is 1. The zero-order valence-electron chi connectivity index (χ0n) is 18.2. The first-order valence-corrected chi connectivity index (χ1v) is 10.5. The van der Waals surface area contributed by atoms with E-state index in [-0.39, 0.29) is 24.0 Å². The number of aromatic nitrogens is 2. The maximum absolute atomic E-state index is 5.80. The zero-order valence-corrected chi connectivity index (χ0v) is 20.5. The van der Waals surface area contributed by atoms with Crippen molar-refractivity contribution in [2.24, 2.45) is 10.9 Å². The first-order valence-electron chi connectivity index (χ1n) is 10.5. The van der Waals surface area contributed by atoms with Gasteiger partial charge in [-0.05, 0) is 43.5 Å². The van der Waals surface area contributed by atoms with E-state index in [1.165, 1.54) is 0 Å². The van der Waals surface area contributed by atoms with Crippen LogP contribution in [-0.2, 0) is 0 Å². The molecule has 1 aliphatic heterocycles. The molecule has 1 saturated heterocycles. The second-order valence-corrected chi connectivity index (χ2v) is 7.40. The van der Waals surface area contributed by atoms with E-state index in [1.54, 1.807) is 7.11 Å². The maximum atomic E-state index is 5.80. The number of nitrogens with zero attached hydrogens (tertiary/aromatic N) is 4. The summed E-state index contributed by atoms with van der Waals surface area (Å²) >= 11 is 0. The second kappa shape index (κ2) is 12.7. The number of ether oxygens (including phenoxy) is 2. The third-order valence-electron chi connectivity index (χ3n) is 5.35. The molecule has 0 radical (unpaired) electrons. The monoisotopic (exact) mass is 527 g/mol. The van der Waals surface area contributed by atoms with Crippen molar-refractivity contribution in [2.75, 3.05) is 39.9 Å². The Kier molecular flexibility index (Phi) is 10.3. The minimum Gasteiger partial charge on any atom is -0.497 e.